The van der Waals surface area contributed by atoms with E-state index in [9.17, 15) is 19.0 Å². The van der Waals surface area contributed by atoms with Gasteiger partial charge >= 0.3 is 19.8 Å². The molecule has 9 nitrogen and oxygen atoms in total. The van der Waals surface area contributed by atoms with Crippen LogP contribution in [0.4, 0.5) is 0 Å². The molecule has 0 aromatic carbocycles. The van der Waals surface area contributed by atoms with Gasteiger partial charge in [-0.1, -0.05) is 321 Å². The van der Waals surface area contributed by atoms with Crippen LogP contribution in [0.3, 0.4) is 0 Å². The Morgan fingerprint density at radius 2 is 0.653 bits per heavy atom. The van der Waals surface area contributed by atoms with Crippen LogP contribution in [0.25, 0.3) is 0 Å². The molecule has 0 spiro atoms. The van der Waals surface area contributed by atoms with E-state index < -0.39 is 26.5 Å². The highest BCUT2D eigenvalue weighted by Crippen LogP contribution is 2.43. The summed E-state index contributed by atoms with van der Waals surface area (Å²) in [6, 6.07) is 0. The van der Waals surface area contributed by atoms with Crippen LogP contribution < -0.4 is 5.73 Å². The lowest BCUT2D eigenvalue weighted by Crippen LogP contribution is -2.29. The number of phosphoric acid groups is 1. The first-order chi connectivity index (χ1) is 36.8. The van der Waals surface area contributed by atoms with E-state index in [1.54, 1.807) is 0 Å². The third-order valence-electron chi connectivity index (χ3n) is 15.2. The van der Waals surface area contributed by atoms with E-state index in [-0.39, 0.29) is 38.6 Å². The lowest BCUT2D eigenvalue weighted by atomic mass is 10.0. The Labute approximate surface area is 466 Å². The number of phosphoric ester groups is 1. The fourth-order valence-electron chi connectivity index (χ4n) is 10.2. The maximum absolute atomic E-state index is 12.6. The molecule has 0 bridgehead atoms. The molecule has 0 saturated carbocycles. The molecule has 0 aromatic heterocycles. The predicted octanol–water partition coefficient (Wildman–Crippen LogP) is 21.2. The van der Waals surface area contributed by atoms with E-state index in [2.05, 4.69) is 26.0 Å². The third-order valence-corrected chi connectivity index (χ3v) is 16.1. The van der Waals surface area contributed by atoms with Crippen LogP contribution in [0.2, 0.25) is 0 Å². The predicted molar refractivity (Wildman–Crippen MR) is 321 cm³/mol. The summed E-state index contributed by atoms with van der Waals surface area (Å²) in [7, 11) is -4.38. The molecule has 2 atom stereocenters. The van der Waals surface area contributed by atoms with Crippen molar-refractivity contribution < 1.29 is 37.6 Å². The molecule has 0 aromatic rings. The highest BCUT2D eigenvalue weighted by molar-refractivity contribution is 7.47. The van der Waals surface area contributed by atoms with Crippen molar-refractivity contribution in [2.75, 3.05) is 26.4 Å². The molecule has 0 heterocycles. The number of hydrogen-bond donors (Lipinski definition) is 2. The molecular weight excluding hydrogens is 954 g/mol. The summed E-state index contributed by atoms with van der Waals surface area (Å²) in [5.41, 5.74) is 5.38. The first-order valence-electron chi connectivity index (χ1n) is 33.2. The molecule has 0 aliphatic carbocycles. The van der Waals surface area contributed by atoms with Gasteiger partial charge in [-0.25, -0.2) is 4.57 Å². The van der Waals surface area contributed by atoms with Gasteiger partial charge in [-0.05, 0) is 38.5 Å². The minimum Gasteiger partial charge on any atom is -0.462 e. The normalized spacial score (nSPS) is 13.0. The Morgan fingerprint density at radius 3 is 0.947 bits per heavy atom. The van der Waals surface area contributed by atoms with Gasteiger partial charge in [0, 0.05) is 19.4 Å². The van der Waals surface area contributed by atoms with Crippen LogP contribution >= 0.6 is 7.82 Å². The van der Waals surface area contributed by atoms with Gasteiger partial charge in [0.25, 0.3) is 0 Å². The minimum absolute atomic E-state index is 0.0552. The summed E-state index contributed by atoms with van der Waals surface area (Å²) in [6.45, 7) is 3.78. The lowest BCUT2D eigenvalue weighted by Gasteiger charge is -2.19. The minimum atomic E-state index is -4.38. The number of carbonyl (C=O) groups excluding carboxylic acids is 2. The maximum atomic E-state index is 12.6. The molecule has 0 fully saturated rings. The Bertz CT molecular complexity index is 1230. The van der Waals surface area contributed by atoms with Gasteiger partial charge in [-0.3, -0.25) is 18.6 Å². The van der Waals surface area contributed by atoms with Crippen molar-refractivity contribution in [2.24, 2.45) is 5.73 Å². The summed E-state index contributed by atoms with van der Waals surface area (Å²) in [5, 5.41) is 0. The van der Waals surface area contributed by atoms with Gasteiger partial charge in [0.05, 0.1) is 13.2 Å². The number of allylic oxidation sites excluding steroid dienone is 2. The van der Waals surface area contributed by atoms with Crippen LogP contribution in [0.5, 0.6) is 0 Å². The molecule has 2 unspecified atom stereocenters. The Hall–Kier alpha value is -1.25. The van der Waals surface area contributed by atoms with Crippen molar-refractivity contribution >= 4 is 19.8 Å². The number of esters is 2. The number of rotatable bonds is 64. The van der Waals surface area contributed by atoms with Gasteiger partial charge in [-0.15, -0.1) is 0 Å². The smallest absolute Gasteiger partial charge is 0.462 e. The molecule has 75 heavy (non-hydrogen) atoms. The Kier molecular flexibility index (Phi) is 60.9. The molecule has 0 radical (unpaired) electrons. The zero-order valence-corrected chi connectivity index (χ0v) is 51.0. The summed E-state index contributed by atoms with van der Waals surface area (Å²) in [5.74, 6) is -0.819. The largest absolute Gasteiger partial charge is 0.472 e. The SMILES string of the molecule is CCCCCCC/C=C\CCCCCCCC(=O)OC(COC(=O)CCCCCCCCCCCCCCCCCCCCCCCCCCCCCCCCCCCCCCCCCC)COP(=O)(O)OCCN. The van der Waals surface area contributed by atoms with Crippen LogP contribution in [-0.2, 0) is 32.7 Å². The zero-order chi connectivity index (χ0) is 54.5. The number of nitrogens with two attached hydrogens (primary N) is 1. The zero-order valence-electron chi connectivity index (χ0n) is 50.1. The summed E-state index contributed by atoms with van der Waals surface area (Å²) in [4.78, 5) is 35.1. The number of ether oxygens (including phenoxy) is 2. The van der Waals surface area contributed by atoms with Crippen LogP contribution in [0, 0.1) is 0 Å². The van der Waals surface area contributed by atoms with Gasteiger partial charge in [0.2, 0.25) is 0 Å². The molecular formula is C65H128NO8P. The van der Waals surface area contributed by atoms with E-state index in [1.165, 1.54) is 276 Å². The van der Waals surface area contributed by atoms with E-state index in [1.807, 2.05) is 0 Å². The molecule has 0 saturated heterocycles. The lowest BCUT2D eigenvalue weighted by molar-refractivity contribution is -0.161. The first-order valence-corrected chi connectivity index (χ1v) is 34.7. The average molecular weight is 1080 g/mol. The molecule has 0 aliphatic rings. The fourth-order valence-corrected chi connectivity index (χ4v) is 11.0. The van der Waals surface area contributed by atoms with E-state index in [0.717, 1.165) is 51.4 Å². The average Bonchev–Trinajstić information content (AvgIpc) is 3.40. The van der Waals surface area contributed by atoms with Crippen LogP contribution in [-0.4, -0.2) is 49.3 Å². The second kappa shape index (κ2) is 62.0. The maximum Gasteiger partial charge on any atom is 0.472 e. The molecule has 0 amide bonds. The highest BCUT2D eigenvalue weighted by atomic mass is 31.2. The molecule has 0 rings (SSSR count). The Balaban J connectivity index is 3.67. The fraction of sp³-hybridized carbons (Fsp3) is 0.938. The summed E-state index contributed by atoms with van der Waals surface area (Å²) < 4.78 is 33.0. The highest BCUT2D eigenvalue weighted by Gasteiger charge is 2.26. The van der Waals surface area contributed by atoms with Crippen LogP contribution in [0.15, 0.2) is 12.2 Å². The second-order valence-corrected chi connectivity index (χ2v) is 24.2. The van der Waals surface area contributed by atoms with Gasteiger partial charge < -0.3 is 20.1 Å². The van der Waals surface area contributed by atoms with Gasteiger partial charge in [0.15, 0.2) is 6.10 Å². The topological polar surface area (TPSA) is 134 Å². The van der Waals surface area contributed by atoms with Crippen LogP contribution in [0.1, 0.15) is 361 Å². The van der Waals surface area contributed by atoms with Gasteiger partial charge in [0.1, 0.15) is 6.61 Å². The quantitative estimate of drug-likeness (QED) is 0.0264. The van der Waals surface area contributed by atoms with Crippen molar-refractivity contribution in [1.82, 2.24) is 0 Å². The molecule has 446 valence electrons. The van der Waals surface area contributed by atoms with E-state index in [4.69, 9.17) is 24.3 Å². The molecule has 10 heteroatoms. The standard InChI is InChI=1S/C65H128NO8P/c1-3-5-7-9-11-13-15-17-19-20-21-22-23-24-25-26-27-28-29-30-31-32-33-34-35-36-37-38-39-40-41-42-43-44-46-47-49-51-53-55-57-64(67)71-61-63(62-73-75(69,70)72-60-59-66)74-65(68)58-56-54-52-50-48-45-18-16-14-12-10-8-6-4-2/h16,18,63H,3-15,17,19-62,66H2,1-2H3,(H,69,70)/b18-16-. The van der Waals surface area contributed by atoms with E-state index in [0.29, 0.717) is 6.42 Å². The van der Waals surface area contributed by atoms with Gasteiger partial charge in [-0.2, -0.15) is 0 Å². The number of unbranched alkanes of at least 4 members (excludes halogenated alkanes) is 49. The van der Waals surface area contributed by atoms with Crippen molar-refractivity contribution in [1.29, 1.82) is 0 Å². The van der Waals surface area contributed by atoms with Crippen molar-refractivity contribution in [3.63, 3.8) is 0 Å². The number of carbonyl (C=O) groups is 2. The molecule has 3 N–H and O–H groups in total. The van der Waals surface area contributed by atoms with E-state index >= 15 is 0 Å². The van der Waals surface area contributed by atoms with Crippen molar-refractivity contribution in [3.8, 4) is 0 Å². The monoisotopic (exact) mass is 1080 g/mol. The first kappa shape index (κ1) is 73.8. The second-order valence-electron chi connectivity index (χ2n) is 22.7. The van der Waals surface area contributed by atoms with Crippen molar-refractivity contribution in [3.05, 3.63) is 12.2 Å². The van der Waals surface area contributed by atoms with Crippen molar-refractivity contribution in [2.45, 2.75) is 367 Å². The summed E-state index contributed by atoms with van der Waals surface area (Å²) in [6.07, 6.45) is 73.4. The molecule has 0 aliphatic heterocycles. The number of hydrogen-bond acceptors (Lipinski definition) is 8. The summed E-state index contributed by atoms with van der Waals surface area (Å²) >= 11 is 0. The third kappa shape index (κ3) is 61.8. The Morgan fingerprint density at radius 1 is 0.387 bits per heavy atom.